The summed E-state index contributed by atoms with van der Waals surface area (Å²) in [5.74, 6) is 4.40. The Morgan fingerprint density at radius 2 is 0.879 bits per heavy atom. The van der Waals surface area contributed by atoms with Gasteiger partial charge >= 0.3 is 0 Å². The number of aryl methyl sites for hydroxylation is 1. The average molecular weight is 494 g/mol. The van der Waals surface area contributed by atoms with E-state index < -0.39 is 16.5 Å². The molecule has 33 heavy (non-hydrogen) atoms. The zero-order valence-electron chi connectivity index (χ0n) is 24.7. The lowest BCUT2D eigenvalue weighted by Crippen LogP contribution is -2.69. The number of rotatable bonds is 15. The summed E-state index contributed by atoms with van der Waals surface area (Å²) in [4.78, 5) is 0. The van der Waals surface area contributed by atoms with Crippen LogP contribution in [-0.2, 0) is 7.05 Å². The smallest absolute Gasteiger partial charge is 0.148 e. The molecule has 0 aliphatic carbocycles. The first-order chi connectivity index (χ1) is 15.1. The molecule has 0 saturated heterocycles. The van der Waals surface area contributed by atoms with E-state index in [1.807, 2.05) is 0 Å². The van der Waals surface area contributed by atoms with Crippen LogP contribution in [0.15, 0.2) is 12.4 Å². The second-order valence-electron chi connectivity index (χ2n) is 13.7. The molecule has 5 heteroatoms. The molecule has 1 heterocycles. The van der Waals surface area contributed by atoms with E-state index in [-0.39, 0.29) is 0 Å². The number of hydrogen-bond donors (Lipinski definition) is 0. The molecule has 0 aliphatic heterocycles. The van der Waals surface area contributed by atoms with Crippen LogP contribution in [0.25, 0.3) is 0 Å². The topological polar surface area (TPSA) is 21.1 Å². The maximum Gasteiger partial charge on any atom is 0.148 e. The van der Waals surface area contributed by atoms with E-state index in [1.54, 1.807) is 0 Å². The third-order valence-corrected chi connectivity index (χ3v) is 21.3. The van der Waals surface area contributed by atoms with Gasteiger partial charge in [-0.05, 0) is 71.8 Å². The lowest BCUT2D eigenvalue weighted by atomic mass is 10.2. The fourth-order valence-electron chi connectivity index (χ4n) is 7.18. The Balaban J connectivity index is 4.03. The Hall–Kier alpha value is -0.556. The fraction of sp³-hybridized carbons (Fsp3) is 0.893. The van der Waals surface area contributed by atoms with Crippen molar-refractivity contribution in [3.8, 4) is 0 Å². The molecule has 3 nitrogen and oxygen atoms in total. The minimum absolute atomic E-state index is 0.734. The van der Waals surface area contributed by atoms with Gasteiger partial charge in [0.25, 0.3) is 0 Å². The van der Waals surface area contributed by atoms with E-state index in [2.05, 4.69) is 111 Å². The molecule has 0 N–H and O–H groups in total. The first-order valence-electron chi connectivity index (χ1n) is 13.9. The minimum Gasteiger partial charge on any atom is -0.421 e. The molecule has 0 saturated carbocycles. The van der Waals surface area contributed by atoms with Gasteiger partial charge in [0.2, 0.25) is 0 Å². The lowest BCUT2D eigenvalue weighted by Gasteiger charge is -2.57. The average Bonchev–Trinajstić information content (AvgIpc) is 2.95. The molecule has 1 rings (SSSR count). The van der Waals surface area contributed by atoms with Crippen molar-refractivity contribution in [1.82, 2.24) is 9.78 Å². The van der Waals surface area contributed by atoms with Gasteiger partial charge in [0.15, 0.2) is 0 Å². The highest BCUT2D eigenvalue weighted by Crippen LogP contribution is 2.46. The second kappa shape index (κ2) is 12.9. The Morgan fingerprint density at radius 3 is 1.06 bits per heavy atom. The van der Waals surface area contributed by atoms with Crippen LogP contribution in [0.2, 0.25) is 36.3 Å². The molecular formula is C28H59N3Si2. The van der Waals surface area contributed by atoms with Crippen molar-refractivity contribution in [3.05, 3.63) is 12.4 Å². The van der Waals surface area contributed by atoms with Crippen molar-refractivity contribution in [2.45, 2.75) is 119 Å². The van der Waals surface area contributed by atoms with Gasteiger partial charge in [-0.3, -0.25) is 4.68 Å². The molecular weight excluding hydrogens is 435 g/mol. The summed E-state index contributed by atoms with van der Waals surface area (Å²) < 4.78 is 5.31. The van der Waals surface area contributed by atoms with Crippen molar-refractivity contribution < 1.29 is 0 Å². The Kier molecular flexibility index (Phi) is 12.0. The summed E-state index contributed by atoms with van der Waals surface area (Å²) in [7, 11) is -1.57. The van der Waals surface area contributed by atoms with Crippen LogP contribution in [0.3, 0.4) is 0 Å². The van der Waals surface area contributed by atoms with E-state index in [1.165, 1.54) is 42.0 Å². The molecule has 0 unspecified atom stereocenters. The predicted molar refractivity (Wildman–Crippen MR) is 155 cm³/mol. The molecule has 0 aromatic carbocycles. The number of anilines is 1. The van der Waals surface area contributed by atoms with Crippen molar-refractivity contribution in [2.24, 2.45) is 42.6 Å². The summed E-state index contributed by atoms with van der Waals surface area (Å²) in [5, 5.41) is 4.76. The maximum atomic E-state index is 4.76. The zero-order chi connectivity index (χ0) is 25.6. The predicted octanol–water partition coefficient (Wildman–Crippen LogP) is 9.05. The van der Waals surface area contributed by atoms with Gasteiger partial charge in [0.1, 0.15) is 16.5 Å². The van der Waals surface area contributed by atoms with Crippen molar-refractivity contribution >= 4 is 22.2 Å². The van der Waals surface area contributed by atoms with E-state index >= 15 is 0 Å². The van der Waals surface area contributed by atoms with E-state index in [0.717, 1.165) is 35.5 Å². The van der Waals surface area contributed by atoms with Crippen LogP contribution in [0.1, 0.15) is 83.1 Å². The summed E-state index contributed by atoms with van der Waals surface area (Å²) in [6, 6.07) is 8.42. The summed E-state index contributed by atoms with van der Waals surface area (Å²) in [6.45, 7) is 29.7. The van der Waals surface area contributed by atoms with E-state index in [9.17, 15) is 0 Å². The number of hydrogen-bond acceptors (Lipinski definition) is 2. The third kappa shape index (κ3) is 9.20. The fourth-order valence-corrected chi connectivity index (χ4v) is 25.4. The lowest BCUT2D eigenvalue weighted by molar-refractivity contribution is 0.623. The normalized spacial score (nSPS) is 13.5. The quantitative estimate of drug-likeness (QED) is 0.227. The molecule has 0 spiro atoms. The van der Waals surface area contributed by atoms with E-state index in [0.29, 0.717) is 0 Å². The van der Waals surface area contributed by atoms with Crippen LogP contribution < -0.4 is 4.23 Å². The first-order valence-corrected chi connectivity index (χ1v) is 19.0. The van der Waals surface area contributed by atoms with Crippen molar-refractivity contribution in [2.75, 3.05) is 4.23 Å². The second-order valence-corrected chi connectivity index (χ2v) is 22.4. The molecule has 0 atom stereocenters. The molecule has 0 bridgehead atoms. The van der Waals surface area contributed by atoms with Crippen LogP contribution >= 0.6 is 0 Å². The molecule has 1 aromatic heterocycles. The van der Waals surface area contributed by atoms with Crippen molar-refractivity contribution in [3.63, 3.8) is 0 Å². The zero-order valence-corrected chi connectivity index (χ0v) is 26.7. The molecule has 1 aromatic rings. The minimum atomic E-state index is -1.84. The highest BCUT2D eigenvalue weighted by molar-refractivity contribution is 7.02. The van der Waals surface area contributed by atoms with Crippen LogP contribution in [0.4, 0.5) is 5.69 Å². The van der Waals surface area contributed by atoms with Gasteiger partial charge in [-0.2, -0.15) is 5.10 Å². The molecule has 0 radical (unpaired) electrons. The standard InChI is InChI=1S/C28H59N3Si2/c1-22(2)16-32(17-23(3)4,18-24(5)6)31(28-14-29-30(13)15-28)33(19-25(7)8,20-26(9)10)21-27(11)12/h14-15,22-27H,16-21H2,1-13H3. The molecule has 194 valence electrons. The number of nitrogens with zero attached hydrogens (tertiary/aromatic N) is 3. The van der Waals surface area contributed by atoms with Gasteiger partial charge in [0.05, 0.1) is 11.9 Å². The highest BCUT2D eigenvalue weighted by Gasteiger charge is 2.52. The largest absolute Gasteiger partial charge is 0.421 e. The Morgan fingerprint density at radius 1 is 0.606 bits per heavy atom. The summed E-state index contributed by atoms with van der Waals surface area (Å²) in [6.07, 6.45) is 4.59. The van der Waals surface area contributed by atoms with Gasteiger partial charge in [0, 0.05) is 13.2 Å². The maximum absolute atomic E-state index is 4.76. The van der Waals surface area contributed by atoms with Gasteiger partial charge < -0.3 is 4.23 Å². The van der Waals surface area contributed by atoms with Gasteiger partial charge in [-0.1, -0.05) is 83.1 Å². The first kappa shape index (κ1) is 30.5. The monoisotopic (exact) mass is 493 g/mol. The summed E-state index contributed by atoms with van der Waals surface area (Å²) >= 11 is 0. The van der Waals surface area contributed by atoms with E-state index in [4.69, 9.17) is 5.10 Å². The SMILES string of the molecule is CC(C)C[Si](CC(C)C)(CC(C)C)N(c1cnn(C)c1)[Si](CC(C)C)(CC(C)C)CC(C)C. The van der Waals surface area contributed by atoms with Gasteiger partial charge in [-0.25, -0.2) is 0 Å². The highest BCUT2D eigenvalue weighted by atomic mass is 28.4. The Labute approximate surface area is 210 Å². The number of aromatic nitrogens is 2. The third-order valence-electron chi connectivity index (χ3n) is 6.63. The van der Waals surface area contributed by atoms with Gasteiger partial charge in [-0.15, -0.1) is 0 Å². The Bertz CT molecular complexity index is 585. The molecule has 0 fully saturated rings. The van der Waals surface area contributed by atoms with Crippen LogP contribution in [-0.4, -0.2) is 26.3 Å². The van der Waals surface area contributed by atoms with Crippen molar-refractivity contribution in [1.29, 1.82) is 0 Å². The molecule has 0 aliphatic rings. The van der Waals surface area contributed by atoms with Crippen LogP contribution in [0, 0.1) is 35.5 Å². The molecule has 0 amide bonds. The summed E-state index contributed by atoms with van der Waals surface area (Å²) in [5.41, 5.74) is 1.46. The van der Waals surface area contributed by atoms with Crippen LogP contribution in [0.5, 0.6) is 0 Å².